The summed E-state index contributed by atoms with van der Waals surface area (Å²) < 4.78 is 34.4. The molecule has 124 valence electrons. The monoisotopic (exact) mass is 326 g/mol. The number of hydrogen-bond acceptors (Lipinski definition) is 4. The molecule has 0 aliphatic carbocycles. The van der Waals surface area contributed by atoms with Gasteiger partial charge in [-0.15, -0.1) is 0 Å². The van der Waals surface area contributed by atoms with Gasteiger partial charge in [-0.05, 0) is 13.0 Å². The normalized spacial score (nSPS) is 18.1. The maximum Gasteiger partial charge on any atom is 0.387 e. The first kappa shape index (κ1) is 16.7. The van der Waals surface area contributed by atoms with Crippen LogP contribution in [0.3, 0.4) is 0 Å². The Labute approximate surface area is 131 Å². The van der Waals surface area contributed by atoms with Crippen LogP contribution < -0.4 is 10.1 Å². The lowest BCUT2D eigenvalue weighted by Gasteiger charge is -2.33. The summed E-state index contributed by atoms with van der Waals surface area (Å²) in [5, 5.41) is 2.60. The maximum absolute atomic E-state index is 12.6. The third kappa shape index (κ3) is 3.25. The van der Waals surface area contributed by atoms with Crippen LogP contribution in [0.5, 0.6) is 5.75 Å². The lowest BCUT2D eigenvalue weighted by molar-refractivity contribution is -0.136. The number of halogens is 2. The molecule has 0 fully saturated rings. The van der Waals surface area contributed by atoms with Crippen molar-refractivity contribution in [2.75, 3.05) is 14.2 Å². The molecule has 0 unspecified atom stereocenters. The van der Waals surface area contributed by atoms with Crippen molar-refractivity contribution in [2.24, 2.45) is 0 Å². The summed E-state index contributed by atoms with van der Waals surface area (Å²) in [5.41, 5.74) is 0.770. The van der Waals surface area contributed by atoms with Gasteiger partial charge < -0.3 is 19.7 Å². The summed E-state index contributed by atoms with van der Waals surface area (Å²) in [7, 11) is 2.70. The Bertz CT molecular complexity index is 661. The number of hydrogen-bond donors (Lipinski definition) is 1. The summed E-state index contributed by atoms with van der Waals surface area (Å²) in [4.78, 5) is 25.4. The summed E-state index contributed by atoms with van der Waals surface area (Å²) in [6.45, 7) is -1.45. The summed E-state index contributed by atoms with van der Waals surface area (Å²) in [6.07, 6.45) is 0. The molecular weight excluding hydrogens is 310 g/mol. The standard InChI is InChI=1S/C15H16F2N2O4/c1-8-11(13(20)22-3)12(18-15(21)19(8)2)9-6-4-5-7-10(9)23-14(16)17/h4-7,12,14H,1-3H3,(H,18,21)/t12-/m1/s1. The minimum absolute atomic E-state index is 0.119. The van der Waals surface area contributed by atoms with Crippen molar-refractivity contribution < 1.29 is 27.8 Å². The molecule has 2 rings (SSSR count). The van der Waals surface area contributed by atoms with Gasteiger partial charge >= 0.3 is 18.6 Å². The largest absolute Gasteiger partial charge is 0.466 e. The molecule has 1 aliphatic rings. The van der Waals surface area contributed by atoms with Gasteiger partial charge in [0, 0.05) is 18.3 Å². The lowest BCUT2D eigenvalue weighted by Crippen LogP contribution is -2.46. The number of nitrogens with zero attached hydrogens (tertiary/aromatic N) is 1. The molecule has 6 nitrogen and oxygen atoms in total. The molecule has 2 amide bonds. The van der Waals surface area contributed by atoms with Crippen LogP contribution in [0.4, 0.5) is 13.6 Å². The van der Waals surface area contributed by atoms with Gasteiger partial charge in [0.05, 0.1) is 18.7 Å². The second-order valence-electron chi connectivity index (χ2n) is 4.85. The Morgan fingerprint density at radius 3 is 2.61 bits per heavy atom. The second-order valence-corrected chi connectivity index (χ2v) is 4.85. The van der Waals surface area contributed by atoms with Gasteiger partial charge in [-0.1, -0.05) is 18.2 Å². The fourth-order valence-electron chi connectivity index (χ4n) is 2.37. The number of ether oxygens (including phenoxy) is 2. The molecule has 0 bridgehead atoms. The molecule has 1 aromatic rings. The van der Waals surface area contributed by atoms with Gasteiger partial charge in [0.2, 0.25) is 0 Å². The molecule has 0 radical (unpaired) electrons. The predicted molar refractivity (Wildman–Crippen MR) is 76.8 cm³/mol. The molecule has 0 aromatic heterocycles. The molecule has 23 heavy (non-hydrogen) atoms. The number of carbonyl (C=O) groups is 2. The van der Waals surface area contributed by atoms with E-state index < -0.39 is 24.7 Å². The highest BCUT2D eigenvalue weighted by atomic mass is 19.3. The van der Waals surface area contributed by atoms with Crippen LogP contribution in [0.25, 0.3) is 0 Å². The van der Waals surface area contributed by atoms with Crippen molar-refractivity contribution in [3.8, 4) is 5.75 Å². The van der Waals surface area contributed by atoms with Crippen LogP contribution >= 0.6 is 0 Å². The van der Waals surface area contributed by atoms with E-state index >= 15 is 0 Å². The summed E-state index contributed by atoms with van der Waals surface area (Å²) in [5.74, 6) is -0.780. The Hall–Kier alpha value is -2.64. The molecule has 0 spiro atoms. The number of nitrogens with one attached hydrogen (secondary N) is 1. The number of carbonyl (C=O) groups excluding carboxylic acids is 2. The number of rotatable bonds is 4. The number of esters is 1. The van der Waals surface area contributed by atoms with Crippen LogP contribution in [0.15, 0.2) is 35.5 Å². The Balaban J connectivity index is 2.56. The number of urea groups is 1. The number of benzene rings is 1. The fourth-order valence-corrected chi connectivity index (χ4v) is 2.37. The van der Waals surface area contributed by atoms with E-state index in [9.17, 15) is 18.4 Å². The number of methoxy groups -OCH3 is 1. The van der Waals surface area contributed by atoms with Crippen LogP contribution in [-0.2, 0) is 9.53 Å². The van der Waals surface area contributed by atoms with Crippen molar-refractivity contribution in [3.05, 3.63) is 41.1 Å². The van der Waals surface area contributed by atoms with Crippen LogP contribution in [-0.4, -0.2) is 37.7 Å². The SMILES string of the molecule is COC(=O)C1=C(C)N(C)C(=O)N[C@@H]1c1ccccc1OC(F)F. The minimum Gasteiger partial charge on any atom is -0.466 e. The Morgan fingerprint density at radius 1 is 1.35 bits per heavy atom. The first-order valence-electron chi connectivity index (χ1n) is 6.73. The van der Waals surface area contributed by atoms with E-state index in [-0.39, 0.29) is 16.9 Å². The fraction of sp³-hybridized carbons (Fsp3) is 0.333. The van der Waals surface area contributed by atoms with E-state index in [1.165, 1.54) is 37.3 Å². The Morgan fingerprint density at radius 2 is 2.00 bits per heavy atom. The van der Waals surface area contributed by atoms with E-state index in [1.54, 1.807) is 13.0 Å². The van der Waals surface area contributed by atoms with Gasteiger partial charge in [-0.25, -0.2) is 9.59 Å². The summed E-state index contributed by atoms with van der Waals surface area (Å²) >= 11 is 0. The second kappa shape index (κ2) is 6.64. The number of allylic oxidation sites excluding steroid dienone is 1. The summed E-state index contributed by atoms with van der Waals surface area (Å²) in [6, 6.07) is 4.56. The molecule has 1 aromatic carbocycles. The Kier molecular flexibility index (Phi) is 4.83. The third-order valence-electron chi connectivity index (χ3n) is 3.61. The topological polar surface area (TPSA) is 67.9 Å². The predicted octanol–water partition coefficient (Wildman–Crippen LogP) is 2.43. The zero-order valence-electron chi connectivity index (χ0n) is 12.8. The van der Waals surface area contributed by atoms with Crippen molar-refractivity contribution in [1.29, 1.82) is 0 Å². The van der Waals surface area contributed by atoms with Gasteiger partial charge in [0.15, 0.2) is 0 Å². The van der Waals surface area contributed by atoms with E-state index in [2.05, 4.69) is 10.1 Å². The first-order chi connectivity index (χ1) is 10.9. The highest BCUT2D eigenvalue weighted by Gasteiger charge is 2.36. The third-order valence-corrected chi connectivity index (χ3v) is 3.61. The van der Waals surface area contributed by atoms with Gasteiger partial charge in [-0.2, -0.15) is 8.78 Å². The lowest BCUT2D eigenvalue weighted by atomic mass is 9.94. The van der Waals surface area contributed by atoms with Crippen molar-refractivity contribution in [2.45, 2.75) is 19.6 Å². The zero-order valence-corrected chi connectivity index (χ0v) is 12.8. The molecule has 0 saturated carbocycles. The van der Waals surface area contributed by atoms with Crippen LogP contribution in [0.1, 0.15) is 18.5 Å². The molecule has 8 heteroatoms. The zero-order chi connectivity index (χ0) is 17.1. The van der Waals surface area contributed by atoms with E-state index in [4.69, 9.17) is 4.74 Å². The van der Waals surface area contributed by atoms with Gasteiger partial charge in [-0.3, -0.25) is 0 Å². The smallest absolute Gasteiger partial charge is 0.387 e. The van der Waals surface area contributed by atoms with E-state index in [0.29, 0.717) is 5.70 Å². The molecule has 1 heterocycles. The highest BCUT2D eigenvalue weighted by Crippen LogP contribution is 2.35. The molecule has 1 N–H and O–H groups in total. The van der Waals surface area contributed by atoms with Crippen LogP contribution in [0.2, 0.25) is 0 Å². The molecule has 0 saturated heterocycles. The average Bonchev–Trinajstić information content (AvgIpc) is 2.51. The average molecular weight is 326 g/mol. The van der Waals surface area contributed by atoms with E-state index in [0.717, 1.165) is 0 Å². The van der Waals surface area contributed by atoms with Crippen molar-refractivity contribution >= 4 is 12.0 Å². The first-order valence-corrected chi connectivity index (χ1v) is 6.73. The number of amides is 2. The molecule has 1 aliphatic heterocycles. The van der Waals surface area contributed by atoms with E-state index in [1.807, 2.05) is 0 Å². The minimum atomic E-state index is -3.02. The number of alkyl halides is 2. The van der Waals surface area contributed by atoms with Gasteiger partial charge in [0.1, 0.15) is 5.75 Å². The number of para-hydroxylation sites is 1. The van der Waals surface area contributed by atoms with Crippen LogP contribution in [0, 0.1) is 0 Å². The highest BCUT2D eigenvalue weighted by molar-refractivity contribution is 5.95. The molecular formula is C15H16F2N2O4. The van der Waals surface area contributed by atoms with Gasteiger partial charge in [0.25, 0.3) is 0 Å². The van der Waals surface area contributed by atoms with Crippen molar-refractivity contribution in [3.63, 3.8) is 0 Å². The maximum atomic E-state index is 12.6. The quantitative estimate of drug-likeness (QED) is 0.863. The van der Waals surface area contributed by atoms with Crippen molar-refractivity contribution in [1.82, 2.24) is 10.2 Å². The molecule has 1 atom stereocenters.